The Hall–Kier alpha value is -1.19. The molecule has 3 N–H and O–H groups in total. The maximum atomic E-state index is 10.2. The molecule has 0 heterocycles. The van der Waals surface area contributed by atoms with Gasteiger partial charge in [0.05, 0.1) is 0 Å². The molecule has 0 aliphatic rings. The molecular weight excluding hydrogens is 156 g/mol. The van der Waals surface area contributed by atoms with Crippen LogP contribution in [0.15, 0.2) is 0 Å². The third-order valence-corrected chi connectivity index (χ3v) is 1.48. The molecule has 0 spiro atoms. The van der Waals surface area contributed by atoms with Gasteiger partial charge in [0.1, 0.15) is 5.71 Å². The summed E-state index contributed by atoms with van der Waals surface area (Å²) < 4.78 is 0. The van der Waals surface area contributed by atoms with Gasteiger partial charge in [0.25, 0.3) is 0 Å². The van der Waals surface area contributed by atoms with E-state index in [0.29, 0.717) is 12.1 Å². The van der Waals surface area contributed by atoms with Gasteiger partial charge >= 0.3 is 5.97 Å². The predicted molar refractivity (Wildman–Crippen MR) is 47.2 cm³/mol. The van der Waals surface area contributed by atoms with Crippen molar-refractivity contribution in [1.29, 1.82) is 10.8 Å². The summed E-state index contributed by atoms with van der Waals surface area (Å²) in [5.74, 6) is -1.23. The quantitative estimate of drug-likeness (QED) is 0.530. The third kappa shape index (κ3) is 4.60. The highest BCUT2D eigenvalue weighted by atomic mass is 16.4. The lowest BCUT2D eigenvalue weighted by molar-refractivity contribution is -0.129. The molecule has 0 aromatic rings. The number of hydrogen-bond donors (Lipinski definition) is 3. The molecule has 4 heteroatoms. The number of carbonyl (C=O) groups is 1. The lowest BCUT2D eigenvalue weighted by Gasteiger charge is -2.00. The molecular formula is C8H14N2O2. The first-order valence-corrected chi connectivity index (χ1v) is 3.95. The van der Waals surface area contributed by atoms with Crippen molar-refractivity contribution in [3.63, 3.8) is 0 Å². The first kappa shape index (κ1) is 10.8. The molecule has 0 rings (SSSR count). The van der Waals surface area contributed by atoms with E-state index in [1.54, 1.807) is 0 Å². The second-order valence-corrected chi connectivity index (χ2v) is 2.67. The highest BCUT2D eigenvalue weighted by molar-refractivity contribution is 6.37. The number of carboxylic acid groups (broad SMARTS) is 1. The molecule has 0 radical (unpaired) electrons. The van der Waals surface area contributed by atoms with Crippen LogP contribution in [0.5, 0.6) is 0 Å². The number of carboxylic acids is 1. The minimum Gasteiger partial charge on any atom is -0.477 e. The molecule has 0 amide bonds. The Morgan fingerprint density at radius 1 is 1.42 bits per heavy atom. The fourth-order valence-corrected chi connectivity index (χ4v) is 0.768. The van der Waals surface area contributed by atoms with Crippen molar-refractivity contribution in [3.8, 4) is 0 Å². The molecule has 0 fully saturated rings. The molecule has 0 bridgehead atoms. The van der Waals surface area contributed by atoms with Gasteiger partial charge in [-0.3, -0.25) is 5.41 Å². The minimum absolute atomic E-state index is 0.0185. The fraction of sp³-hybridized carbons (Fsp3) is 0.625. The summed E-state index contributed by atoms with van der Waals surface area (Å²) >= 11 is 0. The number of aliphatic carboxylic acids is 1. The van der Waals surface area contributed by atoms with Gasteiger partial charge in [-0.2, -0.15) is 0 Å². The van der Waals surface area contributed by atoms with Crippen molar-refractivity contribution in [2.45, 2.75) is 32.6 Å². The highest BCUT2D eigenvalue weighted by Gasteiger charge is 2.08. The Kier molecular flexibility index (Phi) is 4.92. The van der Waals surface area contributed by atoms with E-state index in [1.807, 2.05) is 6.92 Å². The van der Waals surface area contributed by atoms with Gasteiger partial charge in [0, 0.05) is 12.1 Å². The van der Waals surface area contributed by atoms with E-state index in [9.17, 15) is 4.79 Å². The molecule has 12 heavy (non-hydrogen) atoms. The van der Waals surface area contributed by atoms with Crippen LogP contribution in [0.1, 0.15) is 32.6 Å². The smallest absolute Gasteiger partial charge is 0.349 e. The van der Waals surface area contributed by atoms with Crippen LogP contribution in [0.3, 0.4) is 0 Å². The van der Waals surface area contributed by atoms with Crippen LogP contribution in [0.4, 0.5) is 0 Å². The number of unbranched alkanes of at least 4 members (excludes halogenated alkanes) is 1. The van der Waals surface area contributed by atoms with Crippen LogP contribution in [0, 0.1) is 10.8 Å². The largest absolute Gasteiger partial charge is 0.477 e. The van der Waals surface area contributed by atoms with Gasteiger partial charge in [-0.15, -0.1) is 0 Å². The predicted octanol–water partition coefficient (Wildman–Crippen LogP) is 1.69. The second-order valence-electron chi connectivity index (χ2n) is 2.67. The fourth-order valence-electron chi connectivity index (χ4n) is 0.768. The van der Waals surface area contributed by atoms with Crippen LogP contribution in [0.2, 0.25) is 0 Å². The van der Waals surface area contributed by atoms with Crippen LogP contribution in [-0.4, -0.2) is 22.5 Å². The normalized spacial score (nSPS) is 9.42. The van der Waals surface area contributed by atoms with Crippen LogP contribution in [-0.2, 0) is 4.79 Å². The summed E-state index contributed by atoms with van der Waals surface area (Å²) in [6.45, 7) is 2.01. The second kappa shape index (κ2) is 5.46. The molecule has 0 aromatic heterocycles. The Balaban J connectivity index is 3.69. The molecule has 4 nitrogen and oxygen atoms in total. The zero-order valence-electron chi connectivity index (χ0n) is 7.18. The summed E-state index contributed by atoms with van der Waals surface area (Å²) in [5.41, 5.74) is -0.0552. The van der Waals surface area contributed by atoms with E-state index >= 15 is 0 Å². The number of hydrogen-bond acceptors (Lipinski definition) is 3. The number of rotatable bonds is 6. The molecule has 0 atom stereocenters. The van der Waals surface area contributed by atoms with E-state index in [-0.39, 0.29) is 6.42 Å². The molecule has 0 aliphatic carbocycles. The molecule has 0 aliphatic heterocycles. The zero-order chi connectivity index (χ0) is 9.56. The van der Waals surface area contributed by atoms with E-state index in [4.69, 9.17) is 15.9 Å². The zero-order valence-corrected chi connectivity index (χ0v) is 7.18. The summed E-state index contributed by atoms with van der Waals surface area (Å²) in [6.07, 6.45) is 2.47. The van der Waals surface area contributed by atoms with Crippen LogP contribution >= 0.6 is 0 Å². The third-order valence-electron chi connectivity index (χ3n) is 1.48. The Bertz CT molecular complexity index is 199. The van der Waals surface area contributed by atoms with Gasteiger partial charge in [0.2, 0.25) is 0 Å². The first-order chi connectivity index (χ1) is 5.57. The van der Waals surface area contributed by atoms with E-state index < -0.39 is 11.7 Å². The van der Waals surface area contributed by atoms with Gasteiger partial charge in [-0.05, 0) is 12.8 Å². The van der Waals surface area contributed by atoms with E-state index in [2.05, 4.69) is 0 Å². The Morgan fingerprint density at radius 2 is 2.00 bits per heavy atom. The van der Waals surface area contributed by atoms with Gasteiger partial charge in [0.15, 0.2) is 0 Å². The molecule has 68 valence electrons. The van der Waals surface area contributed by atoms with Crippen LogP contribution in [0.25, 0.3) is 0 Å². The average molecular weight is 170 g/mol. The van der Waals surface area contributed by atoms with Crippen molar-refractivity contribution in [3.05, 3.63) is 0 Å². The van der Waals surface area contributed by atoms with Gasteiger partial charge in [-0.1, -0.05) is 13.3 Å². The van der Waals surface area contributed by atoms with E-state index in [0.717, 1.165) is 12.8 Å². The minimum atomic E-state index is -1.23. The molecule has 0 aromatic carbocycles. The maximum absolute atomic E-state index is 10.2. The van der Waals surface area contributed by atoms with Crippen LogP contribution < -0.4 is 0 Å². The van der Waals surface area contributed by atoms with Crippen molar-refractivity contribution in [1.82, 2.24) is 0 Å². The van der Waals surface area contributed by atoms with Gasteiger partial charge in [-0.25, -0.2) is 4.79 Å². The molecule has 0 unspecified atom stereocenters. The molecule has 0 saturated heterocycles. The summed E-state index contributed by atoms with van der Waals surface area (Å²) in [6, 6.07) is 0. The first-order valence-electron chi connectivity index (χ1n) is 3.95. The van der Waals surface area contributed by atoms with Crippen molar-refractivity contribution in [2.75, 3.05) is 0 Å². The average Bonchev–Trinajstić information content (AvgIpc) is 2.00. The van der Waals surface area contributed by atoms with Gasteiger partial charge < -0.3 is 10.5 Å². The summed E-state index contributed by atoms with van der Waals surface area (Å²) in [4.78, 5) is 10.2. The standard InChI is InChI=1S/C8H14N2O2/c1-2-3-4-6(9)5-7(10)8(11)12/h9-10H,2-5H2,1H3,(H,11,12). The SMILES string of the molecule is CCCCC(=N)CC(=N)C(=O)O. The summed E-state index contributed by atoms with van der Waals surface area (Å²) in [7, 11) is 0. The highest BCUT2D eigenvalue weighted by Crippen LogP contribution is 1.99. The molecule has 0 saturated carbocycles. The Morgan fingerprint density at radius 3 is 2.42 bits per heavy atom. The lowest BCUT2D eigenvalue weighted by atomic mass is 10.1. The monoisotopic (exact) mass is 170 g/mol. The Labute approximate surface area is 71.6 Å². The lowest BCUT2D eigenvalue weighted by Crippen LogP contribution is -2.15. The summed E-state index contributed by atoms with van der Waals surface area (Å²) in [5, 5.41) is 22.6. The maximum Gasteiger partial charge on any atom is 0.349 e. The van der Waals surface area contributed by atoms with Crippen molar-refractivity contribution >= 4 is 17.4 Å². The number of nitrogens with one attached hydrogen (secondary N) is 2. The van der Waals surface area contributed by atoms with Crippen molar-refractivity contribution in [2.24, 2.45) is 0 Å². The van der Waals surface area contributed by atoms with Crippen molar-refractivity contribution < 1.29 is 9.90 Å². The van der Waals surface area contributed by atoms with E-state index in [1.165, 1.54) is 0 Å². The topological polar surface area (TPSA) is 85.0 Å².